The number of ether oxygens (including phenoxy) is 1. The molecular weight excluding hydrogens is 445 g/mol. The largest absolute Gasteiger partial charge is 0.447 e. The lowest BCUT2D eigenvalue weighted by atomic mass is 10.4. The number of hydrogen-bond acceptors (Lipinski definition) is 3. The van der Waals surface area contributed by atoms with Gasteiger partial charge in [0.25, 0.3) is 0 Å². The van der Waals surface area contributed by atoms with Crippen molar-refractivity contribution in [1.29, 1.82) is 0 Å². The fourth-order valence-corrected chi connectivity index (χ4v) is 19.5. The molecule has 0 heterocycles. The van der Waals surface area contributed by atoms with Crippen LogP contribution in [0.2, 0.25) is 38.3 Å². The zero-order valence-electron chi connectivity index (χ0n) is 20.7. The van der Waals surface area contributed by atoms with Gasteiger partial charge >= 0.3 is 8.56 Å². The van der Waals surface area contributed by atoms with E-state index in [0.717, 1.165) is 12.5 Å². The van der Waals surface area contributed by atoms with Gasteiger partial charge in [-0.15, -0.1) is 0 Å². The molecule has 0 atom stereocenters. The fourth-order valence-electron chi connectivity index (χ4n) is 4.31. The molecule has 0 fully saturated rings. The lowest BCUT2D eigenvalue weighted by Crippen LogP contribution is -2.66. The summed E-state index contributed by atoms with van der Waals surface area (Å²) in [5, 5.41) is 2.59. The molecule has 0 aliphatic heterocycles. The topological polar surface area (TPSA) is 27.7 Å². The molecule has 0 amide bonds. The standard InChI is InChI=1S/C26H40O3Si3/c1-7-9-23-30(3,4)28-31(5,6)29-32(24-16-22-27-21-8-2,25-17-12-10-13-18-25)26-19-14-11-15-20-26/h10-15,17-20H,7,9,16,22-24H2,1-6H3. The van der Waals surface area contributed by atoms with E-state index in [9.17, 15) is 0 Å². The van der Waals surface area contributed by atoms with Crippen LogP contribution in [0.25, 0.3) is 0 Å². The molecule has 2 aromatic carbocycles. The Morgan fingerprint density at radius 1 is 0.750 bits per heavy atom. The summed E-state index contributed by atoms with van der Waals surface area (Å²) in [5.41, 5.74) is 0. The van der Waals surface area contributed by atoms with E-state index in [1.165, 1.54) is 29.3 Å². The predicted molar refractivity (Wildman–Crippen MR) is 144 cm³/mol. The van der Waals surface area contributed by atoms with E-state index < -0.39 is 25.2 Å². The van der Waals surface area contributed by atoms with Gasteiger partial charge in [-0.25, -0.2) is 0 Å². The maximum absolute atomic E-state index is 7.32. The first kappa shape index (κ1) is 26.6. The van der Waals surface area contributed by atoms with Gasteiger partial charge in [-0.05, 0) is 55.1 Å². The molecule has 0 unspecified atom stereocenters. The van der Waals surface area contributed by atoms with Crippen molar-refractivity contribution in [3.63, 3.8) is 0 Å². The van der Waals surface area contributed by atoms with Crippen molar-refractivity contribution in [3.8, 4) is 12.0 Å². The Labute approximate surface area is 199 Å². The average molecular weight is 485 g/mol. The summed E-state index contributed by atoms with van der Waals surface area (Å²) < 4.78 is 19.7. The molecule has 2 rings (SSSR count). The van der Waals surface area contributed by atoms with E-state index in [1.807, 2.05) is 0 Å². The van der Waals surface area contributed by atoms with Crippen molar-refractivity contribution in [2.24, 2.45) is 0 Å². The van der Waals surface area contributed by atoms with Crippen LogP contribution in [0.3, 0.4) is 0 Å². The van der Waals surface area contributed by atoms with Gasteiger partial charge in [0.2, 0.25) is 8.32 Å². The zero-order chi connectivity index (χ0) is 23.5. The highest BCUT2D eigenvalue weighted by Gasteiger charge is 2.46. The van der Waals surface area contributed by atoms with Gasteiger partial charge in [0, 0.05) is 6.92 Å². The molecule has 0 saturated heterocycles. The van der Waals surface area contributed by atoms with Crippen LogP contribution in [-0.2, 0) is 13.0 Å². The minimum Gasteiger partial charge on any atom is -0.447 e. The first-order chi connectivity index (χ1) is 15.2. The minimum atomic E-state index is -2.54. The molecule has 0 spiro atoms. The van der Waals surface area contributed by atoms with E-state index in [4.69, 9.17) is 13.0 Å². The number of rotatable bonds is 13. The van der Waals surface area contributed by atoms with Crippen LogP contribution in [0.4, 0.5) is 0 Å². The fraction of sp³-hybridized carbons (Fsp3) is 0.462. The third-order valence-electron chi connectivity index (χ3n) is 5.50. The third-order valence-corrected chi connectivity index (χ3v) is 18.2. The van der Waals surface area contributed by atoms with Crippen LogP contribution in [0.15, 0.2) is 60.7 Å². The number of benzene rings is 2. The SMILES string of the molecule is CC#COCCC[Si](O[Si](C)(C)O[Si](C)(C)CCCC)(c1ccccc1)c1ccccc1. The lowest BCUT2D eigenvalue weighted by Gasteiger charge is -2.42. The van der Waals surface area contributed by atoms with E-state index >= 15 is 0 Å². The van der Waals surface area contributed by atoms with Crippen LogP contribution in [0.5, 0.6) is 0 Å². The van der Waals surface area contributed by atoms with Crippen molar-refractivity contribution < 1.29 is 13.0 Å². The molecule has 2 aromatic rings. The van der Waals surface area contributed by atoms with Crippen LogP contribution in [0.1, 0.15) is 33.1 Å². The summed E-state index contributed by atoms with van der Waals surface area (Å²) in [6.07, 6.45) is 6.05. The van der Waals surface area contributed by atoms with Gasteiger partial charge < -0.3 is 13.0 Å². The second kappa shape index (κ2) is 12.6. The molecule has 0 radical (unpaired) electrons. The van der Waals surface area contributed by atoms with Gasteiger partial charge in [0.15, 0.2) is 8.32 Å². The second-order valence-electron chi connectivity index (χ2n) is 9.33. The third kappa shape index (κ3) is 8.05. The van der Waals surface area contributed by atoms with Crippen LogP contribution in [-0.4, -0.2) is 31.8 Å². The molecular formula is C26H40O3Si3. The van der Waals surface area contributed by atoms with E-state index in [-0.39, 0.29) is 0 Å². The Hall–Kier alpha value is -1.63. The Morgan fingerprint density at radius 3 is 1.81 bits per heavy atom. The van der Waals surface area contributed by atoms with Crippen molar-refractivity contribution >= 4 is 35.6 Å². The molecule has 0 saturated carbocycles. The van der Waals surface area contributed by atoms with Gasteiger partial charge in [-0.2, -0.15) is 0 Å². The Kier molecular flexibility index (Phi) is 10.5. The normalized spacial score (nSPS) is 12.2. The summed E-state index contributed by atoms with van der Waals surface area (Å²) in [7, 11) is -6.75. The highest BCUT2D eigenvalue weighted by Crippen LogP contribution is 2.27. The van der Waals surface area contributed by atoms with E-state index in [1.54, 1.807) is 6.92 Å². The average Bonchev–Trinajstić information content (AvgIpc) is 2.77. The molecule has 3 nitrogen and oxygen atoms in total. The van der Waals surface area contributed by atoms with Gasteiger partial charge in [0.1, 0.15) is 6.11 Å². The number of unbranched alkanes of at least 4 members (excludes halogenated alkanes) is 1. The Balaban J connectivity index is 2.44. The maximum atomic E-state index is 7.32. The minimum absolute atomic E-state index is 0.609. The van der Waals surface area contributed by atoms with Crippen LogP contribution in [0, 0.1) is 12.0 Å². The quantitative estimate of drug-likeness (QED) is 0.202. The molecule has 0 aromatic heterocycles. The Morgan fingerprint density at radius 2 is 1.31 bits per heavy atom. The Bertz CT molecular complexity index is 819. The van der Waals surface area contributed by atoms with Gasteiger partial charge in [-0.3, -0.25) is 0 Å². The van der Waals surface area contributed by atoms with Crippen LogP contribution < -0.4 is 10.4 Å². The van der Waals surface area contributed by atoms with Gasteiger partial charge in [0.05, 0.1) is 6.61 Å². The van der Waals surface area contributed by atoms with Crippen LogP contribution >= 0.6 is 0 Å². The summed E-state index contributed by atoms with van der Waals surface area (Å²) in [6, 6.07) is 23.7. The first-order valence-corrected chi connectivity index (χ1v) is 19.8. The van der Waals surface area contributed by atoms with Crippen molar-refractivity contribution in [1.82, 2.24) is 0 Å². The zero-order valence-corrected chi connectivity index (χ0v) is 23.7. The predicted octanol–water partition coefficient (Wildman–Crippen LogP) is 5.87. The summed E-state index contributed by atoms with van der Waals surface area (Å²) in [6.45, 7) is 13.8. The van der Waals surface area contributed by atoms with Gasteiger partial charge in [-0.1, -0.05) is 86.3 Å². The molecule has 0 bridgehead atoms. The maximum Gasteiger partial charge on any atom is 0.311 e. The molecule has 6 heteroatoms. The lowest BCUT2D eigenvalue weighted by molar-refractivity contribution is 0.275. The van der Waals surface area contributed by atoms with E-state index in [0.29, 0.717) is 6.61 Å². The van der Waals surface area contributed by atoms with Crippen molar-refractivity contribution in [2.75, 3.05) is 6.61 Å². The summed E-state index contributed by atoms with van der Waals surface area (Å²) in [4.78, 5) is 0. The molecule has 32 heavy (non-hydrogen) atoms. The highest BCUT2D eigenvalue weighted by molar-refractivity contribution is 7.02. The molecule has 0 N–H and O–H groups in total. The molecule has 0 aliphatic rings. The summed E-state index contributed by atoms with van der Waals surface area (Å²) >= 11 is 0. The molecule has 174 valence electrons. The second-order valence-corrected chi connectivity index (χ2v) is 21.1. The number of hydrogen-bond donors (Lipinski definition) is 0. The van der Waals surface area contributed by atoms with E-state index in [2.05, 4.69) is 106 Å². The summed E-state index contributed by atoms with van der Waals surface area (Å²) in [5.74, 6) is 2.81. The smallest absolute Gasteiger partial charge is 0.311 e. The van der Waals surface area contributed by atoms with Crippen molar-refractivity contribution in [3.05, 3.63) is 60.7 Å². The monoisotopic (exact) mass is 484 g/mol. The highest BCUT2D eigenvalue weighted by atomic mass is 28.5. The molecule has 0 aliphatic carbocycles. The van der Waals surface area contributed by atoms with Crippen molar-refractivity contribution in [2.45, 2.75) is 71.4 Å². The first-order valence-electron chi connectivity index (χ1n) is 11.8.